The zero-order valence-electron chi connectivity index (χ0n) is 17.2. The summed E-state index contributed by atoms with van der Waals surface area (Å²) in [5, 5.41) is 12.2. The Hall–Kier alpha value is -4.06. The first-order valence-corrected chi connectivity index (χ1v) is 9.45. The molecule has 0 saturated heterocycles. The number of hydrogen-bond donors (Lipinski definition) is 4. The number of nitrogens with one attached hydrogen (secondary N) is 1. The van der Waals surface area contributed by atoms with Crippen molar-refractivity contribution in [3.63, 3.8) is 0 Å². The molecule has 0 fully saturated rings. The number of aliphatic carboxylic acids is 1. The molecule has 1 atom stereocenters. The van der Waals surface area contributed by atoms with E-state index in [0.29, 0.717) is 16.8 Å². The van der Waals surface area contributed by atoms with Crippen molar-refractivity contribution in [1.82, 2.24) is 15.0 Å². The Kier molecular flexibility index (Phi) is 6.31. The molecule has 0 aliphatic carbocycles. The Morgan fingerprint density at radius 3 is 2.36 bits per heavy atom. The summed E-state index contributed by atoms with van der Waals surface area (Å²) in [4.78, 5) is 34.3. The lowest BCUT2D eigenvalue weighted by atomic mass is 9.91. The summed E-state index contributed by atoms with van der Waals surface area (Å²) in [6.45, 7) is 1.78. The minimum atomic E-state index is -4.60. The van der Waals surface area contributed by atoms with E-state index in [0.717, 1.165) is 17.8 Å². The lowest BCUT2D eigenvalue weighted by molar-refractivity contribution is -0.146. The molecular weight excluding hydrogens is 441 g/mol. The van der Waals surface area contributed by atoms with E-state index < -0.39 is 35.7 Å². The molecule has 9 nitrogen and oxygen atoms in total. The number of carboxylic acid groups (broad SMARTS) is 1. The van der Waals surface area contributed by atoms with Gasteiger partial charge in [0.1, 0.15) is 5.69 Å². The van der Waals surface area contributed by atoms with Gasteiger partial charge in [0.2, 0.25) is 11.9 Å². The first-order valence-electron chi connectivity index (χ1n) is 9.45. The van der Waals surface area contributed by atoms with Crippen molar-refractivity contribution >= 4 is 23.5 Å². The topological polar surface area (TPSA) is 157 Å². The van der Waals surface area contributed by atoms with Gasteiger partial charge in [0.25, 0.3) is 0 Å². The number of alkyl halides is 3. The predicted octanol–water partition coefficient (Wildman–Crippen LogP) is 2.72. The van der Waals surface area contributed by atoms with E-state index >= 15 is 0 Å². The SMILES string of the molecule is Cc1cc(Nc2nccc(C(F)(F)F)n2)cc(-c2ccc(C(N)(CC(N)=O)C(=O)O)nc2)c1. The van der Waals surface area contributed by atoms with Gasteiger partial charge in [0.05, 0.1) is 12.1 Å². The molecule has 0 bridgehead atoms. The Bertz CT molecular complexity index is 1200. The second kappa shape index (κ2) is 8.82. The Morgan fingerprint density at radius 2 is 1.79 bits per heavy atom. The molecule has 0 radical (unpaired) electrons. The highest BCUT2D eigenvalue weighted by Gasteiger charge is 2.39. The summed E-state index contributed by atoms with van der Waals surface area (Å²) < 4.78 is 38.7. The molecular formula is C21H19F3N6O3. The third kappa shape index (κ3) is 5.41. The molecule has 3 rings (SSSR count). The van der Waals surface area contributed by atoms with Crippen LogP contribution in [0.3, 0.4) is 0 Å². The van der Waals surface area contributed by atoms with Crippen LogP contribution in [0, 0.1) is 6.92 Å². The number of aromatic nitrogens is 3. The molecule has 33 heavy (non-hydrogen) atoms. The maximum absolute atomic E-state index is 12.9. The van der Waals surface area contributed by atoms with Gasteiger partial charge in [-0.25, -0.2) is 14.8 Å². The van der Waals surface area contributed by atoms with Crippen LogP contribution in [-0.2, 0) is 21.3 Å². The second-order valence-electron chi connectivity index (χ2n) is 7.33. The fourth-order valence-electron chi connectivity index (χ4n) is 3.11. The minimum Gasteiger partial charge on any atom is -0.480 e. The monoisotopic (exact) mass is 460 g/mol. The average molecular weight is 460 g/mol. The van der Waals surface area contributed by atoms with Crippen molar-refractivity contribution in [2.45, 2.75) is 25.1 Å². The largest absolute Gasteiger partial charge is 0.480 e. The number of benzene rings is 1. The van der Waals surface area contributed by atoms with Crippen LogP contribution in [0.2, 0.25) is 0 Å². The molecule has 3 aromatic rings. The molecule has 0 spiro atoms. The molecule has 1 aromatic carbocycles. The fraction of sp³-hybridized carbons (Fsp3) is 0.190. The third-order valence-electron chi connectivity index (χ3n) is 4.67. The van der Waals surface area contributed by atoms with Crippen molar-refractivity contribution in [2.75, 3.05) is 5.32 Å². The number of amides is 1. The highest BCUT2D eigenvalue weighted by Crippen LogP contribution is 2.30. The van der Waals surface area contributed by atoms with Gasteiger partial charge < -0.3 is 21.9 Å². The van der Waals surface area contributed by atoms with Gasteiger partial charge >= 0.3 is 12.1 Å². The van der Waals surface area contributed by atoms with Crippen molar-refractivity contribution in [3.8, 4) is 11.1 Å². The number of anilines is 2. The van der Waals surface area contributed by atoms with Crippen LogP contribution in [0.4, 0.5) is 24.8 Å². The fourth-order valence-corrected chi connectivity index (χ4v) is 3.11. The molecule has 0 aliphatic heterocycles. The first kappa shape index (κ1) is 23.6. The minimum absolute atomic E-state index is 0.0547. The number of halogens is 3. The van der Waals surface area contributed by atoms with Gasteiger partial charge in [-0.1, -0.05) is 12.1 Å². The number of primary amides is 1. The number of carbonyl (C=O) groups is 2. The van der Waals surface area contributed by atoms with E-state index in [1.54, 1.807) is 31.2 Å². The van der Waals surface area contributed by atoms with Crippen LogP contribution < -0.4 is 16.8 Å². The van der Waals surface area contributed by atoms with E-state index in [1.807, 2.05) is 0 Å². The standard InChI is InChI=1S/C21H19F3N6O3/c1-11-6-13(8-14(7-11)29-19-27-5-4-16(30-19)21(22,23)24)12-2-3-15(28-10-12)20(26,18(32)33)9-17(25)31/h2-8,10H,9,26H2,1H3,(H2,25,31)(H,32,33)(H,27,29,30). The highest BCUT2D eigenvalue weighted by molar-refractivity contribution is 5.87. The van der Waals surface area contributed by atoms with E-state index in [1.165, 1.54) is 12.3 Å². The normalized spacial score (nSPS) is 13.2. The zero-order chi connectivity index (χ0) is 24.4. The Balaban J connectivity index is 1.91. The zero-order valence-corrected chi connectivity index (χ0v) is 17.2. The van der Waals surface area contributed by atoms with Gasteiger partial charge in [-0.3, -0.25) is 9.78 Å². The summed E-state index contributed by atoms with van der Waals surface area (Å²) in [5.41, 5.74) is 10.2. The average Bonchev–Trinajstić information content (AvgIpc) is 2.72. The maximum Gasteiger partial charge on any atom is 0.433 e. The summed E-state index contributed by atoms with van der Waals surface area (Å²) in [5.74, 6) is -2.57. The van der Waals surface area contributed by atoms with Gasteiger partial charge in [0, 0.05) is 23.6 Å². The van der Waals surface area contributed by atoms with Crippen molar-refractivity contribution in [2.24, 2.45) is 11.5 Å². The summed E-state index contributed by atoms with van der Waals surface area (Å²) in [6, 6.07) is 8.84. The van der Waals surface area contributed by atoms with Gasteiger partial charge in [0.15, 0.2) is 5.54 Å². The number of carboxylic acids is 1. The van der Waals surface area contributed by atoms with E-state index in [9.17, 15) is 27.9 Å². The second-order valence-corrected chi connectivity index (χ2v) is 7.33. The Labute approximate surface area is 185 Å². The number of pyridine rings is 1. The molecule has 2 aromatic heterocycles. The number of carbonyl (C=O) groups excluding carboxylic acids is 1. The summed E-state index contributed by atoms with van der Waals surface area (Å²) >= 11 is 0. The van der Waals surface area contributed by atoms with E-state index in [4.69, 9.17) is 11.5 Å². The molecule has 1 amide bonds. The Morgan fingerprint density at radius 1 is 1.06 bits per heavy atom. The predicted molar refractivity (Wildman–Crippen MR) is 112 cm³/mol. The molecule has 12 heteroatoms. The quantitative estimate of drug-likeness (QED) is 0.419. The molecule has 0 aliphatic rings. The maximum atomic E-state index is 12.9. The number of nitrogens with zero attached hydrogens (tertiary/aromatic N) is 3. The molecule has 2 heterocycles. The van der Waals surface area contributed by atoms with Crippen LogP contribution in [0.1, 0.15) is 23.4 Å². The van der Waals surface area contributed by atoms with Crippen LogP contribution in [-0.4, -0.2) is 31.9 Å². The van der Waals surface area contributed by atoms with E-state index in [2.05, 4.69) is 20.3 Å². The van der Waals surface area contributed by atoms with Gasteiger partial charge in [-0.05, 0) is 42.3 Å². The van der Waals surface area contributed by atoms with Crippen molar-refractivity contribution in [3.05, 3.63) is 65.7 Å². The van der Waals surface area contributed by atoms with E-state index in [-0.39, 0.29) is 11.6 Å². The lowest BCUT2D eigenvalue weighted by Crippen LogP contribution is -2.48. The van der Waals surface area contributed by atoms with Crippen LogP contribution >= 0.6 is 0 Å². The van der Waals surface area contributed by atoms with Crippen molar-refractivity contribution in [1.29, 1.82) is 0 Å². The number of rotatable bonds is 7. The van der Waals surface area contributed by atoms with Gasteiger partial charge in [-0.2, -0.15) is 13.2 Å². The lowest BCUT2D eigenvalue weighted by Gasteiger charge is -2.22. The van der Waals surface area contributed by atoms with Crippen molar-refractivity contribution < 1.29 is 27.9 Å². The third-order valence-corrected chi connectivity index (χ3v) is 4.67. The first-order chi connectivity index (χ1) is 15.4. The summed E-state index contributed by atoms with van der Waals surface area (Å²) in [6.07, 6.45) is -2.86. The number of nitrogens with two attached hydrogens (primary N) is 2. The molecule has 6 N–H and O–H groups in total. The van der Waals surface area contributed by atoms with Crippen LogP contribution in [0.25, 0.3) is 11.1 Å². The molecule has 172 valence electrons. The van der Waals surface area contributed by atoms with Crippen LogP contribution in [0.5, 0.6) is 0 Å². The van der Waals surface area contributed by atoms with Gasteiger partial charge in [-0.15, -0.1) is 0 Å². The molecule has 0 saturated carbocycles. The van der Waals surface area contributed by atoms with Crippen LogP contribution in [0.15, 0.2) is 48.8 Å². The number of aryl methyl sites for hydroxylation is 1. The highest BCUT2D eigenvalue weighted by atomic mass is 19.4. The number of hydrogen-bond acceptors (Lipinski definition) is 7. The smallest absolute Gasteiger partial charge is 0.433 e. The molecule has 1 unspecified atom stereocenters. The summed E-state index contributed by atoms with van der Waals surface area (Å²) in [7, 11) is 0.